The zero-order chi connectivity index (χ0) is 19.0. The first-order chi connectivity index (χ1) is 12.7. The summed E-state index contributed by atoms with van der Waals surface area (Å²) < 4.78 is 21.5. The lowest BCUT2D eigenvalue weighted by atomic mass is 10.1. The third-order valence-electron chi connectivity index (χ3n) is 4.22. The maximum absolute atomic E-state index is 12.0. The van der Waals surface area contributed by atoms with Crippen LogP contribution >= 0.6 is 0 Å². The largest absolute Gasteiger partial charge is 0.381 e. The lowest BCUT2D eigenvalue weighted by molar-refractivity contribution is -0.134. The molecule has 1 saturated heterocycles. The summed E-state index contributed by atoms with van der Waals surface area (Å²) >= 11 is 0. The molecule has 152 valence electrons. The van der Waals surface area contributed by atoms with Crippen LogP contribution in [0, 0.1) is 0 Å². The van der Waals surface area contributed by atoms with Gasteiger partial charge in [0.25, 0.3) is 0 Å². The zero-order valence-corrected chi connectivity index (χ0v) is 16.2. The predicted molar refractivity (Wildman–Crippen MR) is 97.0 cm³/mol. The number of hydrogen-bond acceptors (Lipinski definition) is 6. The van der Waals surface area contributed by atoms with Crippen molar-refractivity contribution in [1.29, 1.82) is 0 Å². The minimum absolute atomic E-state index is 0.0277. The van der Waals surface area contributed by atoms with Gasteiger partial charge in [-0.3, -0.25) is 9.59 Å². The van der Waals surface area contributed by atoms with Gasteiger partial charge in [0, 0.05) is 33.2 Å². The summed E-state index contributed by atoms with van der Waals surface area (Å²) in [6.45, 7) is 6.67. The summed E-state index contributed by atoms with van der Waals surface area (Å²) in [4.78, 5) is 24.9. The topological polar surface area (TPSA) is 86.3 Å². The molecule has 0 aromatic heterocycles. The molecule has 0 unspecified atom stereocenters. The van der Waals surface area contributed by atoms with Gasteiger partial charge in [0.15, 0.2) is 0 Å². The maximum Gasteiger partial charge on any atom is 0.224 e. The van der Waals surface area contributed by atoms with E-state index in [0.29, 0.717) is 59.0 Å². The molecule has 8 heteroatoms. The SMILES string of the molecule is CCC(=O)NCCOCCOCCOCCC(=O)N1CCC(OC)CC1. The lowest BCUT2D eigenvalue weighted by Gasteiger charge is -2.31. The number of methoxy groups -OCH3 is 1. The van der Waals surface area contributed by atoms with Crippen molar-refractivity contribution in [2.24, 2.45) is 0 Å². The van der Waals surface area contributed by atoms with E-state index in [1.807, 2.05) is 11.8 Å². The van der Waals surface area contributed by atoms with Gasteiger partial charge in [-0.15, -0.1) is 0 Å². The Morgan fingerprint density at radius 2 is 1.54 bits per heavy atom. The van der Waals surface area contributed by atoms with Crippen molar-refractivity contribution in [3.8, 4) is 0 Å². The number of ether oxygens (including phenoxy) is 4. The van der Waals surface area contributed by atoms with Crippen LogP contribution in [0.25, 0.3) is 0 Å². The van der Waals surface area contributed by atoms with E-state index in [2.05, 4.69) is 5.32 Å². The van der Waals surface area contributed by atoms with E-state index in [9.17, 15) is 9.59 Å². The number of carbonyl (C=O) groups is 2. The highest BCUT2D eigenvalue weighted by Gasteiger charge is 2.21. The molecule has 1 aliphatic rings. The second kappa shape index (κ2) is 14.9. The molecule has 1 heterocycles. The van der Waals surface area contributed by atoms with Crippen LogP contribution in [0.1, 0.15) is 32.6 Å². The first kappa shape index (κ1) is 22.8. The summed E-state index contributed by atoms with van der Waals surface area (Å²) in [6, 6.07) is 0. The number of nitrogens with zero attached hydrogens (tertiary/aromatic N) is 1. The summed E-state index contributed by atoms with van der Waals surface area (Å²) in [5.74, 6) is 0.170. The van der Waals surface area contributed by atoms with E-state index in [-0.39, 0.29) is 17.9 Å². The van der Waals surface area contributed by atoms with Gasteiger partial charge in [-0.25, -0.2) is 0 Å². The third kappa shape index (κ3) is 10.7. The van der Waals surface area contributed by atoms with E-state index < -0.39 is 0 Å². The molecular weight excluding hydrogens is 340 g/mol. The Morgan fingerprint density at radius 3 is 2.12 bits per heavy atom. The average Bonchev–Trinajstić information content (AvgIpc) is 2.68. The lowest BCUT2D eigenvalue weighted by Crippen LogP contribution is -2.40. The van der Waals surface area contributed by atoms with Crippen molar-refractivity contribution < 1.29 is 28.5 Å². The fourth-order valence-electron chi connectivity index (χ4n) is 2.59. The van der Waals surface area contributed by atoms with Crippen LogP contribution < -0.4 is 5.32 Å². The minimum Gasteiger partial charge on any atom is -0.381 e. The Balaban J connectivity index is 1.83. The molecule has 1 N–H and O–H groups in total. The Hall–Kier alpha value is -1.22. The summed E-state index contributed by atoms with van der Waals surface area (Å²) in [5, 5.41) is 2.73. The van der Waals surface area contributed by atoms with Crippen molar-refractivity contribution in [1.82, 2.24) is 10.2 Å². The van der Waals surface area contributed by atoms with Crippen molar-refractivity contribution in [2.45, 2.75) is 38.7 Å². The quantitative estimate of drug-likeness (QED) is 0.448. The molecule has 0 bridgehead atoms. The standard InChI is InChI=1S/C18H34N2O6/c1-3-17(21)19-7-11-25-13-15-26-14-12-24-10-6-18(22)20-8-4-16(23-2)5-9-20/h16H,3-15H2,1-2H3,(H,19,21). The van der Waals surface area contributed by atoms with Crippen LogP contribution in [0.4, 0.5) is 0 Å². The summed E-state index contributed by atoms with van der Waals surface area (Å²) in [7, 11) is 1.72. The van der Waals surface area contributed by atoms with Gasteiger partial charge in [0.05, 0.1) is 52.2 Å². The van der Waals surface area contributed by atoms with E-state index in [1.165, 1.54) is 0 Å². The molecule has 0 aliphatic carbocycles. The molecule has 0 aromatic carbocycles. The van der Waals surface area contributed by atoms with E-state index >= 15 is 0 Å². The molecular formula is C18H34N2O6. The molecule has 1 fully saturated rings. The summed E-state index contributed by atoms with van der Waals surface area (Å²) in [6.07, 6.45) is 2.99. The van der Waals surface area contributed by atoms with Crippen LogP contribution in [0.3, 0.4) is 0 Å². The highest BCUT2D eigenvalue weighted by molar-refractivity contribution is 5.76. The van der Waals surface area contributed by atoms with Gasteiger partial charge in [0.1, 0.15) is 0 Å². The second-order valence-electron chi connectivity index (χ2n) is 6.11. The van der Waals surface area contributed by atoms with Crippen LogP contribution in [0.2, 0.25) is 0 Å². The smallest absolute Gasteiger partial charge is 0.224 e. The molecule has 1 rings (SSSR count). The molecule has 0 atom stereocenters. The molecule has 0 spiro atoms. The molecule has 8 nitrogen and oxygen atoms in total. The second-order valence-corrected chi connectivity index (χ2v) is 6.11. The van der Waals surface area contributed by atoms with Crippen molar-refractivity contribution in [3.63, 3.8) is 0 Å². The Morgan fingerprint density at radius 1 is 0.962 bits per heavy atom. The van der Waals surface area contributed by atoms with Crippen molar-refractivity contribution >= 4 is 11.8 Å². The van der Waals surface area contributed by atoms with Crippen molar-refractivity contribution in [2.75, 3.05) is 66.4 Å². The van der Waals surface area contributed by atoms with Gasteiger partial charge < -0.3 is 29.2 Å². The van der Waals surface area contributed by atoms with E-state index in [4.69, 9.17) is 18.9 Å². The molecule has 2 amide bonds. The normalized spacial score (nSPS) is 15.2. The van der Waals surface area contributed by atoms with E-state index in [1.54, 1.807) is 7.11 Å². The number of nitrogens with one attached hydrogen (secondary N) is 1. The van der Waals surface area contributed by atoms with Gasteiger partial charge in [-0.05, 0) is 12.8 Å². The first-order valence-electron chi connectivity index (χ1n) is 9.47. The van der Waals surface area contributed by atoms with Gasteiger partial charge in [-0.2, -0.15) is 0 Å². The molecule has 0 aromatic rings. The molecule has 1 aliphatic heterocycles. The number of amides is 2. The maximum atomic E-state index is 12.0. The van der Waals surface area contributed by atoms with Crippen LogP contribution in [0.5, 0.6) is 0 Å². The van der Waals surface area contributed by atoms with Gasteiger partial charge in [-0.1, -0.05) is 6.92 Å². The number of hydrogen-bond donors (Lipinski definition) is 1. The molecule has 26 heavy (non-hydrogen) atoms. The molecule has 0 saturated carbocycles. The highest BCUT2D eigenvalue weighted by atomic mass is 16.5. The number of rotatable bonds is 14. The average molecular weight is 374 g/mol. The number of piperidine rings is 1. The third-order valence-corrected chi connectivity index (χ3v) is 4.22. The fraction of sp³-hybridized carbons (Fsp3) is 0.889. The Labute approximate surface area is 156 Å². The monoisotopic (exact) mass is 374 g/mol. The van der Waals surface area contributed by atoms with Crippen LogP contribution in [-0.2, 0) is 28.5 Å². The fourth-order valence-corrected chi connectivity index (χ4v) is 2.59. The van der Waals surface area contributed by atoms with E-state index in [0.717, 1.165) is 25.9 Å². The Bertz CT molecular complexity index is 386. The predicted octanol–water partition coefficient (Wildman–Crippen LogP) is 0.590. The van der Waals surface area contributed by atoms with Gasteiger partial charge >= 0.3 is 0 Å². The summed E-state index contributed by atoms with van der Waals surface area (Å²) in [5.41, 5.74) is 0. The Kier molecular flexibility index (Phi) is 13.1. The molecule has 0 radical (unpaired) electrons. The van der Waals surface area contributed by atoms with Crippen LogP contribution in [0.15, 0.2) is 0 Å². The zero-order valence-electron chi connectivity index (χ0n) is 16.2. The van der Waals surface area contributed by atoms with Crippen molar-refractivity contribution in [3.05, 3.63) is 0 Å². The minimum atomic E-state index is 0.0277. The highest BCUT2D eigenvalue weighted by Crippen LogP contribution is 2.13. The van der Waals surface area contributed by atoms with Crippen LogP contribution in [-0.4, -0.2) is 89.2 Å². The number of likely N-dealkylation sites (tertiary alicyclic amines) is 1. The first-order valence-corrected chi connectivity index (χ1v) is 9.47. The van der Waals surface area contributed by atoms with Gasteiger partial charge in [0.2, 0.25) is 11.8 Å². The number of carbonyl (C=O) groups excluding carboxylic acids is 2.